The van der Waals surface area contributed by atoms with Crippen LogP contribution in [-0.2, 0) is 80.9 Å². The fraction of sp³-hybridized carbons (Fsp3) is 0.838. The predicted octanol–water partition coefficient (Wildman–Crippen LogP) is -1.91. The fourth-order valence-electron chi connectivity index (χ4n) is 4.01. The first-order valence-corrected chi connectivity index (χ1v) is 20.7. The molecule has 1 rings (SSSR count). The van der Waals surface area contributed by atoms with Crippen molar-refractivity contribution < 1.29 is 118 Å². The summed E-state index contributed by atoms with van der Waals surface area (Å²) in [7, 11) is -4.68. The largest absolute Gasteiger partial charge is 1.00 e. The van der Waals surface area contributed by atoms with Crippen molar-refractivity contribution in [2.45, 2.75) is 6.92 Å². The maximum atomic E-state index is 10.2. The molecule has 0 amide bonds. The van der Waals surface area contributed by atoms with E-state index in [1.165, 1.54) is 5.56 Å². The minimum atomic E-state index is -4.68. The molecule has 0 aliphatic heterocycles. The predicted molar refractivity (Wildman–Crippen MR) is 204 cm³/mol. The summed E-state index contributed by atoms with van der Waals surface area (Å²) < 4.78 is 116. The summed E-state index contributed by atoms with van der Waals surface area (Å²) >= 11 is 0. The molecule has 0 aliphatic rings. The molecule has 336 valence electrons. The number of hydrogen-bond acceptors (Lipinski definition) is 19. The Morgan fingerprint density at radius 1 is 0.345 bits per heavy atom. The van der Waals surface area contributed by atoms with Crippen molar-refractivity contribution in [1.82, 2.24) is 0 Å². The number of ether oxygens (including phenoxy) is 15. The summed E-state index contributed by atoms with van der Waals surface area (Å²) in [5.41, 5.74) is 1.20. The smallest absolute Gasteiger partial charge is 0.726 e. The average molecular weight is 871 g/mol. The van der Waals surface area contributed by atoms with Crippen LogP contribution in [0, 0.1) is 6.92 Å². The molecular weight excluding hydrogens is 803 g/mol. The van der Waals surface area contributed by atoms with Crippen LogP contribution in [0.2, 0.25) is 0 Å². The number of rotatable bonds is 47. The van der Waals surface area contributed by atoms with E-state index in [-0.39, 0.29) is 49.4 Å². The molecule has 0 fully saturated rings. The van der Waals surface area contributed by atoms with Gasteiger partial charge in [0.2, 0.25) is 10.4 Å². The van der Waals surface area contributed by atoms with Gasteiger partial charge in [-0.05, 0) is 19.1 Å². The Morgan fingerprint density at radius 2 is 0.534 bits per heavy atom. The van der Waals surface area contributed by atoms with Gasteiger partial charge in [-0.2, -0.15) is 0 Å². The van der Waals surface area contributed by atoms with Gasteiger partial charge in [0.1, 0.15) is 12.4 Å². The molecule has 21 heteroatoms. The van der Waals surface area contributed by atoms with Gasteiger partial charge in [0.15, 0.2) is 0 Å². The molecule has 0 aromatic heterocycles. The zero-order chi connectivity index (χ0) is 41.0. The minimum Gasteiger partial charge on any atom is -0.726 e. The molecule has 1 aromatic carbocycles. The van der Waals surface area contributed by atoms with E-state index in [4.69, 9.17) is 71.1 Å². The van der Waals surface area contributed by atoms with Gasteiger partial charge < -0.3 is 75.6 Å². The molecular formula is C37H67NaO19S. The third kappa shape index (κ3) is 46.4. The molecule has 0 aliphatic carbocycles. The van der Waals surface area contributed by atoms with Crippen LogP contribution in [0.1, 0.15) is 5.56 Å². The second-order valence-electron chi connectivity index (χ2n) is 11.5. The van der Waals surface area contributed by atoms with Crippen LogP contribution >= 0.6 is 0 Å². The topological polar surface area (TPSA) is 205 Å². The summed E-state index contributed by atoms with van der Waals surface area (Å²) in [6.45, 7) is 14.6. The number of benzene rings is 1. The average Bonchev–Trinajstić information content (AvgIpc) is 3.19. The molecule has 0 heterocycles. The van der Waals surface area contributed by atoms with Gasteiger partial charge in [0, 0.05) is 0 Å². The normalized spacial score (nSPS) is 11.6. The quantitative estimate of drug-likeness (QED) is 0.0303. The van der Waals surface area contributed by atoms with Crippen LogP contribution < -0.4 is 34.3 Å². The van der Waals surface area contributed by atoms with Crippen molar-refractivity contribution in [3.05, 3.63) is 29.8 Å². The molecule has 0 atom stereocenters. The van der Waals surface area contributed by atoms with E-state index in [1.807, 2.05) is 31.2 Å². The molecule has 0 saturated heterocycles. The van der Waals surface area contributed by atoms with Crippen LogP contribution in [0.15, 0.2) is 24.3 Å². The van der Waals surface area contributed by atoms with E-state index in [0.717, 1.165) is 5.75 Å². The molecule has 0 unspecified atom stereocenters. The first kappa shape index (κ1) is 57.3. The van der Waals surface area contributed by atoms with Crippen LogP contribution in [0.25, 0.3) is 0 Å². The van der Waals surface area contributed by atoms with Crippen molar-refractivity contribution >= 4 is 10.4 Å². The molecule has 1 aromatic rings. The summed E-state index contributed by atoms with van der Waals surface area (Å²) in [4.78, 5) is 0. The Bertz CT molecular complexity index is 1060. The first-order valence-electron chi connectivity index (χ1n) is 19.4. The molecule has 58 heavy (non-hydrogen) atoms. The molecule has 0 radical (unpaired) electrons. The number of hydrogen-bond donors (Lipinski definition) is 0. The van der Waals surface area contributed by atoms with Crippen LogP contribution in [0.4, 0.5) is 0 Å². The minimum absolute atomic E-state index is 0. The zero-order valence-corrected chi connectivity index (χ0v) is 37.5. The second kappa shape index (κ2) is 45.8. The van der Waals surface area contributed by atoms with E-state index in [1.54, 1.807) is 0 Å². The monoisotopic (exact) mass is 870 g/mol. The third-order valence-corrected chi connectivity index (χ3v) is 7.26. The van der Waals surface area contributed by atoms with Gasteiger partial charge in [-0.1, -0.05) is 17.7 Å². The van der Waals surface area contributed by atoms with Gasteiger partial charge in [0.25, 0.3) is 0 Å². The SMILES string of the molecule is Cc1ccc(OCCOCCOCCOCCOCCOCCOCCOCCOCCOCCOCCOCCOCCOCCOCCOS(=O)(=O)[O-])cc1.[Na+]. The van der Waals surface area contributed by atoms with Crippen LogP contribution in [0.3, 0.4) is 0 Å². The summed E-state index contributed by atoms with van der Waals surface area (Å²) in [5, 5.41) is 0. The second-order valence-corrected chi connectivity index (χ2v) is 12.5. The van der Waals surface area contributed by atoms with E-state index < -0.39 is 10.4 Å². The van der Waals surface area contributed by atoms with E-state index in [2.05, 4.69) is 4.18 Å². The number of aryl methyl sites for hydroxylation is 1. The Kier molecular flexibility index (Phi) is 45.3. The van der Waals surface area contributed by atoms with Crippen molar-refractivity contribution in [3.63, 3.8) is 0 Å². The Labute approximate surface area is 367 Å². The summed E-state index contributed by atoms with van der Waals surface area (Å²) in [6, 6.07) is 7.93. The molecule has 0 spiro atoms. The van der Waals surface area contributed by atoms with E-state index >= 15 is 0 Å². The Morgan fingerprint density at radius 3 is 0.741 bits per heavy atom. The van der Waals surface area contributed by atoms with Crippen molar-refractivity contribution in [2.75, 3.05) is 198 Å². The molecule has 0 N–H and O–H groups in total. The molecule has 0 saturated carbocycles. The zero-order valence-electron chi connectivity index (χ0n) is 34.7. The van der Waals surface area contributed by atoms with Crippen LogP contribution in [-0.4, -0.2) is 211 Å². The van der Waals surface area contributed by atoms with Crippen molar-refractivity contribution in [1.29, 1.82) is 0 Å². The maximum absolute atomic E-state index is 10.2. The molecule has 0 bridgehead atoms. The first-order chi connectivity index (χ1) is 28.0. The maximum Gasteiger partial charge on any atom is 1.00 e. The summed E-state index contributed by atoms with van der Waals surface area (Å²) in [6.07, 6.45) is 0. The van der Waals surface area contributed by atoms with Gasteiger partial charge >= 0.3 is 29.6 Å². The van der Waals surface area contributed by atoms with E-state index in [9.17, 15) is 13.0 Å². The van der Waals surface area contributed by atoms with Gasteiger partial charge in [0.05, 0.1) is 192 Å². The van der Waals surface area contributed by atoms with Gasteiger partial charge in [-0.25, -0.2) is 8.42 Å². The standard InChI is InChI=1S/C37H68O19S.Na/c1-36-2-4-37(5-3-36)55-34-32-53-30-28-51-26-24-49-22-20-47-18-16-45-14-12-43-10-8-41-6-7-42-9-11-44-13-15-46-17-19-48-21-23-50-25-27-52-29-31-54-33-35-56-57(38,39)40;/h2-5H,6-35H2,1H3,(H,38,39,40);/q;+1/p-1. The fourth-order valence-corrected chi connectivity index (χ4v) is 4.28. The summed E-state index contributed by atoms with van der Waals surface area (Å²) in [5.74, 6) is 0.843. The third-order valence-electron chi connectivity index (χ3n) is 6.81. The van der Waals surface area contributed by atoms with Crippen molar-refractivity contribution in [3.8, 4) is 5.75 Å². The van der Waals surface area contributed by atoms with Crippen molar-refractivity contribution in [2.24, 2.45) is 0 Å². The molecule has 19 nitrogen and oxygen atoms in total. The van der Waals surface area contributed by atoms with Gasteiger partial charge in [-0.15, -0.1) is 0 Å². The van der Waals surface area contributed by atoms with Crippen LogP contribution in [0.5, 0.6) is 5.75 Å². The van der Waals surface area contributed by atoms with Gasteiger partial charge in [-0.3, -0.25) is 4.18 Å². The van der Waals surface area contributed by atoms with E-state index in [0.29, 0.717) is 178 Å². The Balaban J connectivity index is 0.0000325. The Hall–Kier alpha value is -0.670.